The zero-order chi connectivity index (χ0) is 22.2. The predicted molar refractivity (Wildman–Crippen MR) is 109 cm³/mol. The van der Waals surface area contributed by atoms with Gasteiger partial charge in [-0.3, -0.25) is 0 Å². The Labute approximate surface area is 176 Å². The molecule has 0 amide bonds. The molecule has 160 valence electrons. The Morgan fingerprint density at radius 3 is 2.52 bits per heavy atom. The molecule has 0 atom stereocenters. The van der Waals surface area contributed by atoms with Crippen LogP contribution in [0.15, 0.2) is 55.0 Å². The number of halogens is 3. The summed E-state index contributed by atoms with van der Waals surface area (Å²) in [5.74, 6) is 0.346. The molecule has 2 heterocycles. The molecule has 31 heavy (non-hydrogen) atoms. The molecule has 0 radical (unpaired) electrons. The first kappa shape index (κ1) is 20.5. The first-order valence-electron chi connectivity index (χ1n) is 9.34. The molecular weight excluding hydrogens is 409 g/mol. The van der Waals surface area contributed by atoms with Gasteiger partial charge in [-0.2, -0.15) is 4.98 Å². The highest BCUT2D eigenvalue weighted by molar-refractivity contribution is 5.65. The molecule has 0 aliphatic rings. The SMILES string of the molecule is Cc1cn(-c2ccc(-c3nc(Nc4ccccc4C)n(C)n3)cc2OC(F)(F)F)cn1. The van der Waals surface area contributed by atoms with Gasteiger partial charge in [0.05, 0.1) is 17.7 Å². The van der Waals surface area contributed by atoms with E-state index in [1.165, 1.54) is 27.7 Å². The third-order valence-corrected chi connectivity index (χ3v) is 4.59. The van der Waals surface area contributed by atoms with Crippen LogP contribution in [0, 0.1) is 13.8 Å². The summed E-state index contributed by atoms with van der Waals surface area (Å²) >= 11 is 0. The summed E-state index contributed by atoms with van der Waals surface area (Å²) in [7, 11) is 1.70. The number of aryl methyl sites for hydroxylation is 3. The lowest BCUT2D eigenvalue weighted by Crippen LogP contribution is -2.18. The van der Waals surface area contributed by atoms with Crippen LogP contribution >= 0.6 is 0 Å². The number of hydrogen-bond donors (Lipinski definition) is 1. The Kier molecular flexibility index (Phi) is 5.14. The van der Waals surface area contributed by atoms with Crippen molar-refractivity contribution in [2.75, 3.05) is 5.32 Å². The lowest BCUT2D eigenvalue weighted by Gasteiger charge is -2.14. The van der Waals surface area contributed by atoms with Gasteiger partial charge >= 0.3 is 6.36 Å². The molecule has 0 aliphatic carbocycles. The van der Waals surface area contributed by atoms with Crippen molar-refractivity contribution in [1.29, 1.82) is 0 Å². The molecule has 0 spiro atoms. The van der Waals surface area contributed by atoms with Gasteiger partial charge < -0.3 is 14.6 Å². The Morgan fingerprint density at radius 2 is 1.84 bits per heavy atom. The number of nitrogens with one attached hydrogen (secondary N) is 1. The van der Waals surface area contributed by atoms with E-state index in [2.05, 4.69) is 25.1 Å². The summed E-state index contributed by atoms with van der Waals surface area (Å²) in [6.45, 7) is 3.70. The Hall–Kier alpha value is -3.82. The second kappa shape index (κ2) is 7.78. The molecule has 0 saturated heterocycles. The van der Waals surface area contributed by atoms with Crippen LogP contribution in [0.1, 0.15) is 11.3 Å². The lowest BCUT2D eigenvalue weighted by molar-refractivity contribution is -0.274. The summed E-state index contributed by atoms with van der Waals surface area (Å²) in [4.78, 5) is 8.51. The maximum Gasteiger partial charge on any atom is 0.573 e. The van der Waals surface area contributed by atoms with Gasteiger partial charge in [0.15, 0.2) is 11.6 Å². The van der Waals surface area contributed by atoms with Gasteiger partial charge in [0.1, 0.15) is 0 Å². The third-order valence-electron chi connectivity index (χ3n) is 4.59. The molecule has 0 saturated carbocycles. The first-order chi connectivity index (χ1) is 14.7. The number of aromatic nitrogens is 5. The molecule has 4 rings (SSSR count). The van der Waals surface area contributed by atoms with E-state index in [9.17, 15) is 13.2 Å². The minimum absolute atomic E-state index is 0.205. The summed E-state index contributed by atoms with van der Waals surface area (Å²) in [6.07, 6.45) is -1.81. The van der Waals surface area contributed by atoms with Crippen LogP contribution in [0.4, 0.5) is 24.8 Å². The second-order valence-corrected chi connectivity index (χ2v) is 6.98. The van der Waals surface area contributed by atoms with E-state index in [1.54, 1.807) is 26.2 Å². The highest BCUT2D eigenvalue weighted by atomic mass is 19.4. The standard InChI is InChI=1S/C21H19F3N6O/c1-13-6-4-5-7-16(13)26-20-27-19(28-29(20)3)15-8-9-17(30-11-14(2)25-12-30)18(10-15)31-21(22,23)24/h4-12H,1-3H3,(H,26,27,28). The van der Waals surface area contributed by atoms with Crippen LogP contribution in [0.25, 0.3) is 17.1 Å². The van der Waals surface area contributed by atoms with Gasteiger partial charge in [0.2, 0.25) is 5.95 Å². The molecule has 10 heteroatoms. The minimum Gasteiger partial charge on any atom is -0.404 e. The number of nitrogens with zero attached hydrogens (tertiary/aromatic N) is 5. The average Bonchev–Trinajstić information content (AvgIpc) is 3.28. The van der Waals surface area contributed by atoms with Gasteiger partial charge in [-0.1, -0.05) is 18.2 Å². The van der Waals surface area contributed by atoms with E-state index in [0.29, 0.717) is 17.2 Å². The van der Waals surface area contributed by atoms with Gasteiger partial charge in [-0.05, 0) is 43.7 Å². The highest BCUT2D eigenvalue weighted by Crippen LogP contribution is 2.33. The maximum absolute atomic E-state index is 13.0. The monoisotopic (exact) mass is 428 g/mol. The molecule has 4 aromatic rings. The smallest absolute Gasteiger partial charge is 0.404 e. The van der Waals surface area contributed by atoms with E-state index < -0.39 is 6.36 Å². The number of imidazole rings is 1. The van der Waals surface area contributed by atoms with Crippen molar-refractivity contribution in [1.82, 2.24) is 24.3 Å². The first-order valence-corrected chi connectivity index (χ1v) is 9.34. The molecule has 2 aromatic carbocycles. The summed E-state index contributed by atoms with van der Waals surface area (Å²) in [6, 6.07) is 12.1. The van der Waals surface area contributed by atoms with Crippen molar-refractivity contribution in [3.8, 4) is 22.8 Å². The van der Waals surface area contributed by atoms with E-state index in [0.717, 1.165) is 11.3 Å². The van der Waals surface area contributed by atoms with E-state index in [-0.39, 0.29) is 17.3 Å². The average molecular weight is 428 g/mol. The fourth-order valence-electron chi connectivity index (χ4n) is 3.08. The summed E-state index contributed by atoms with van der Waals surface area (Å²) in [5, 5.41) is 7.53. The molecule has 0 fully saturated rings. The fraction of sp³-hybridized carbons (Fsp3) is 0.190. The molecule has 1 N–H and O–H groups in total. The normalized spacial score (nSPS) is 11.5. The molecule has 0 bridgehead atoms. The third kappa shape index (κ3) is 4.52. The van der Waals surface area contributed by atoms with Crippen molar-refractivity contribution >= 4 is 11.6 Å². The second-order valence-electron chi connectivity index (χ2n) is 6.98. The Bertz CT molecular complexity index is 1230. The van der Waals surface area contributed by atoms with E-state index >= 15 is 0 Å². The highest BCUT2D eigenvalue weighted by Gasteiger charge is 2.32. The summed E-state index contributed by atoms with van der Waals surface area (Å²) in [5.41, 5.74) is 3.13. The van der Waals surface area contributed by atoms with Crippen LogP contribution < -0.4 is 10.1 Å². The van der Waals surface area contributed by atoms with Crippen LogP contribution in [-0.2, 0) is 7.05 Å². The van der Waals surface area contributed by atoms with Gasteiger partial charge in [0, 0.05) is 24.5 Å². The van der Waals surface area contributed by atoms with Gasteiger partial charge in [0.25, 0.3) is 0 Å². The topological polar surface area (TPSA) is 69.8 Å². The minimum atomic E-state index is -4.85. The number of rotatable bonds is 5. The summed E-state index contributed by atoms with van der Waals surface area (Å²) < 4.78 is 46.4. The number of anilines is 2. The van der Waals surface area contributed by atoms with Crippen LogP contribution in [-0.4, -0.2) is 30.7 Å². The quantitative estimate of drug-likeness (QED) is 0.488. The Balaban J connectivity index is 1.71. The molecule has 0 aliphatic heterocycles. The molecular formula is C21H19F3N6O. The van der Waals surface area contributed by atoms with Crippen molar-refractivity contribution in [3.05, 3.63) is 66.2 Å². The van der Waals surface area contributed by atoms with Gasteiger partial charge in [-0.25, -0.2) is 9.67 Å². The molecule has 2 aromatic heterocycles. The van der Waals surface area contributed by atoms with E-state index in [4.69, 9.17) is 0 Å². The van der Waals surface area contributed by atoms with Gasteiger partial charge in [-0.15, -0.1) is 18.3 Å². The van der Waals surface area contributed by atoms with E-state index in [1.807, 2.05) is 31.2 Å². The number of ether oxygens (including phenoxy) is 1. The van der Waals surface area contributed by atoms with Crippen LogP contribution in [0.5, 0.6) is 5.75 Å². The largest absolute Gasteiger partial charge is 0.573 e. The molecule has 7 nitrogen and oxygen atoms in total. The number of hydrogen-bond acceptors (Lipinski definition) is 5. The lowest BCUT2D eigenvalue weighted by atomic mass is 10.1. The number of para-hydroxylation sites is 1. The zero-order valence-corrected chi connectivity index (χ0v) is 17.0. The number of alkyl halides is 3. The predicted octanol–water partition coefficient (Wildman–Crippen LogP) is 4.93. The van der Waals surface area contributed by atoms with Crippen LogP contribution in [0.2, 0.25) is 0 Å². The van der Waals surface area contributed by atoms with Crippen LogP contribution in [0.3, 0.4) is 0 Å². The van der Waals surface area contributed by atoms with Crippen molar-refractivity contribution in [3.63, 3.8) is 0 Å². The van der Waals surface area contributed by atoms with Crippen molar-refractivity contribution in [2.24, 2.45) is 7.05 Å². The fourth-order valence-corrected chi connectivity index (χ4v) is 3.08. The number of benzene rings is 2. The zero-order valence-electron chi connectivity index (χ0n) is 17.0. The van der Waals surface area contributed by atoms with Crippen molar-refractivity contribution < 1.29 is 17.9 Å². The maximum atomic E-state index is 13.0. The van der Waals surface area contributed by atoms with Crippen molar-refractivity contribution in [2.45, 2.75) is 20.2 Å². The molecule has 0 unspecified atom stereocenters. The Morgan fingerprint density at radius 1 is 1.06 bits per heavy atom.